The predicted octanol–water partition coefficient (Wildman–Crippen LogP) is 2.86. The fourth-order valence-corrected chi connectivity index (χ4v) is 2.33. The largest absolute Gasteiger partial charge is 0.438 e. The summed E-state index contributed by atoms with van der Waals surface area (Å²) in [6.45, 7) is 1.19. The molecule has 25 heavy (non-hydrogen) atoms. The fourth-order valence-electron chi connectivity index (χ4n) is 2.33. The molecule has 0 radical (unpaired) electrons. The molecule has 0 amide bonds. The summed E-state index contributed by atoms with van der Waals surface area (Å²) in [5.41, 5.74) is 1.08. The molecule has 1 aromatic heterocycles. The summed E-state index contributed by atoms with van der Waals surface area (Å²) in [4.78, 5) is 13.3. The van der Waals surface area contributed by atoms with Gasteiger partial charge in [-0.25, -0.2) is 4.79 Å². The third-order valence-electron chi connectivity index (χ3n) is 3.79. The normalized spacial score (nSPS) is 15.2. The number of H-pyrrole nitrogens is 1. The van der Waals surface area contributed by atoms with Crippen LogP contribution in [0.5, 0.6) is 0 Å². The Morgan fingerprint density at radius 3 is 2.24 bits per heavy atom. The van der Waals surface area contributed by atoms with E-state index in [9.17, 15) is 31.1 Å². The maximum absolute atomic E-state index is 13.2. The first-order valence-corrected chi connectivity index (χ1v) is 6.91. The number of rotatable bonds is 4. The first-order valence-electron chi connectivity index (χ1n) is 6.91. The van der Waals surface area contributed by atoms with Crippen molar-refractivity contribution in [3.8, 4) is 0 Å². The molecule has 0 saturated heterocycles. The van der Waals surface area contributed by atoms with Crippen LogP contribution in [0.1, 0.15) is 29.4 Å². The lowest BCUT2D eigenvalue weighted by atomic mass is 9.81. The summed E-state index contributed by atoms with van der Waals surface area (Å²) in [5, 5.41) is 3.42. The molecule has 2 rings (SSSR count). The Morgan fingerprint density at radius 1 is 1.16 bits per heavy atom. The van der Waals surface area contributed by atoms with Gasteiger partial charge in [0.1, 0.15) is 0 Å². The number of alkyl halides is 6. The van der Waals surface area contributed by atoms with Crippen LogP contribution in [0.4, 0.5) is 26.3 Å². The Balaban J connectivity index is 2.52. The van der Waals surface area contributed by atoms with E-state index in [1.807, 2.05) is 0 Å². The van der Waals surface area contributed by atoms with Gasteiger partial charge in [0.25, 0.3) is 0 Å². The van der Waals surface area contributed by atoms with Crippen molar-refractivity contribution in [3.05, 3.63) is 51.3 Å². The number of aromatic amines is 1. The van der Waals surface area contributed by atoms with Gasteiger partial charge >= 0.3 is 18.1 Å². The Hall–Kier alpha value is -2.30. The van der Waals surface area contributed by atoms with Crippen LogP contribution in [0.25, 0.3) is 0 Å². The van der Waals surface area contributed by atoms with Gasteiger partial charge in [0, 0.05) is 12.0 Å². The van der Waals surface area contributed by atoms with E-state index in [1.165, 1.54) is 6.92 Å². The van der Waals surface area contributed by atoms with Crippen LogP contribution in [0.3, 0.4) is 0 Å². The van der Waals surface area contributed by atoms with Gasteiger partial charge in [-0.05, 0) is 24.1 Å². The average molecular weight is 369 g/mol. The van der Waals surface area contributed by atoms with Crippen molar-refractivity contribution in [2.45, 2.75) is 31.1 Å². The number of nitrogens with zero attached hydrogens (tertiary/aromatic N) is 1. The van der Waals surface area contributed by atoms with E-state index in [4.69, 9.17) is 5.73 Å². The zero-order valence-corrected chi connectivity index (χ0v) is 12.8. The summed E-state index contributed by atoms with van der Waals surface area (Å²) >= 11 is 0. The molecule has 3 N–H and O–H groups in total. The first kappa shape index (κ1) is 19.0. The minimum atomic E-state index is -5.00. The lowest BCUT2D eigenvalue weighted by molar-refractivity contribution is -0.143. The summed E-state index contributed by atoms with van der Waals surface area (Å²) < 4.78 is 82.1. The van der Waals surface area contributed by atoms with Gasteiger partial charge < -0.3 is 5.73 Å². The third-order valence-corrected chi connectivity index (χ3v) is 3.79. The second-order valence-electron chi connectivity index (χ2n) is 5.75. The molecular formula is C14H13F6N3O2. The SMILES string of the molecule is CC(CN)(Cc1ccc(C(F)(F)F)cc1C(F)(F)F)c1noc(=O)[nH]1. The molecule has 5 nitrogen and oxygen atoms in total. The van der Waals surface area contributed by atoms with E-state index in [0.29, 0.717) is 6.07 Å². The number of halogens is 6. The fraction of sp³-hybridized carbons (Fsp3) is 0.429. The summed E-state index contributed by atoms with van der Waals surface area (Å²) in [5.74, 6) is -1.01. The van der Waals surface area contributed by atoms with Crippen molar-refractivity contribution in [1.29, 1.82) is 0 Å². The molecule has 0 aliphatic rings. The summed E-state index contributed by atoms with van der Waals surface area (Å²) in [7, 11) is 0. The highest BCUT2D eigenvalue weighted by Gasteiger charge is 2.40. The number of nitrogens with one attached hydrogen (secondary N) is 1. The number of nitrogens with two attached hydrogens (primary N) is 1. The molecule has 138 valence electrons. The molecule has 1 heterocycles. The van der Waals surface area contributed by atoms with Crippen LogP contribution in [-0.4, -0.2) is 16.7 Å². The number of hydrogen-bond donors (Lipinski definition) is 2. The molecule has 2 aromatic rings. The molecule has 1 unspecified atom stereocenters. The zero-order chi connectivity index (χ0) is 19.0. The second kappa shape index (κ2) is 6.21. The van der Waals surface area contributed by atoms with Crippen molar-refractivity contribution in [3.63, 3.8) is 0 Å². The van der Waals surface area contributed by atoms with Crippen molar-refractivity contribution in [2.75, 3.05) is 6.54 Å². The first-order chi connectivity index (χ1) is 11.4. The van der Waals surface area contributed by atoms with Crippen LogP contribution in [-0.2, 0) is 24.2 Å². The van der Waals surface area contributed by atoms with Crippen molar-refractivity contribution < 1.29 is 30.9 Å². The number of benzene rings is 1. The average Bonchev–Trinajstić information content (AvgIpc) is 2.92. The Bertz CT molecular complexity index is 808. The van der Waals surface area contributed by atoms with Crippen LogP contribution < -0.4 is 11.5 Å². The number of aromatic nitrogens is 2. The van der Waals surface area contributed by atoms with Gasteiger partial charge in [-0.1, -0.05) is 18.1 Å². The molecule has 0 saturated carbocycles. The predicted molar refractivity (Wildman–Crippen MR) is 73.7 cm³/mol. The van der Waals surface area contributed by atoms with Gasteiger partial charge in [0.15, 0.2) is 5.82 Å². The van der Waals surface area contributed by atoms with Gasteiger partial charge in [-0.15, -0.1) is 0 Å². The van der Waals surface area contributed by atoms with Crippen molar-refractivity contribution >= 4 is 0 Å². The van der Waals surface area contributed by atoms with E-state index in [1.54, 1.807) is 0 Å². The van der Waals surface area contributed by atoms with E-state index in [-0.39, 0.29) is 18.4 Å². The standard InChI is InChI=1S/C14H13F6N3O2/c1-12(6-21,10-22-11(24)25-23-10)5-7-2-3-8(13(15,16)17)4-9(7)14(18,19)20/h2-4H,5-6,21H2,1H3,(H,22,23,24). The topological polar surface area (TPSA) is 84.9 Å². The lowest BCUT2D eigenvalue weighted by Gasteiger charge is -2.26. The highest BCUT2D eigenvalue weighted by atomic mass is 19.4. The van der Waals surface area contributed by atoms with Crippen molar-refractivity contribution in [2.24, 2.45) is 5.73 Å². The molecule has 0 spiro atoms. The molecule has 0 bridgehead atoms. The van der Waals surface area contributed by atoms with Crippen molar-refractivity contribution in [1.82, 2.24) is 10.1 Å². The van der Waals surface area contributed by atoms with E-state index in [2.05, 4.69) is 14.7 Å². The minimum Gasteiger partial charge on any atom is -0.329 e. The van der Waals surface area contributed by atoms with Crippen LogP contribution >= 0.6 is 0 Å². The van der Waals surface area contributed by atoms with Crippen LogP contribution in [0.15, 0.2) is 27.5 Å². The maximum atomic E-state index is 13.2. The van der Waals surface area contributed by atoms with E-state index >= 15 is 0 Å². The molecule has 1 aromatic carbocycles. The van der Waals surface area contributed by atoms with Crippen LogP contribution in [0, 0.1) is 0 Å². The minimum absolute atomic E-state index is 0.0534. The van der Waals surface area contributed by atoms with Gasteiger partial charge in [-0.2, -0.15) is 26.3 Å². The zero-order valence-electron chi connectivity index (χ0n) is 12.8. The van der Waals surface area contributed by atoms with Gasteiger partial charge in [0.05, 0.1) is 11.1 Å². The van der Waals surface area contributed by atoms with Gasteiger partial charge in [0.2, 0.25) is 0 Å². The summed E-state index contributed by atoms with van der Waals surface area (Å²) in [6, 6.07) is 1.36. The van der Waals surface area contributed by atoms with E-state index < -0.39 is 46.6 Å². The second-order valence-corrected chi connectivity index (χ2v) is 5.75. The monoisotopic (exact) mass is 369 g/mol. The third kappa shape index (κ3) is 4.03. The Morgan fingerprint density at radius 2 is 1.80 bits per heavy atom. The molecule has 0 aliphatic heterocycles. The van der Waals surface area contributed by atoms with Gasteiger partial charge in [-0.3, -0.25) is 9.51 Å². The molecular weight excluding hydrogens is 356 g/mol. The molecule has 0 fully saturated rings. The smallest absolute Gasteiger partial charge is 0.329 e. The Labute approximate surface area is 136 Å². The molecule has 11 heteroatoms. The Kier molecular flexibility index (Phi) is 4.73. The van der Waals surface area contributed by atoms with E-state index in [0.717, 1.165) is 6.07 Å². The molecule has 1 atom stereocenters. The quantitative estimate of drug-likeness (QED) is 0.812. The van der Waals surface area contributed by atoms with Crippen LogP contribution in [0.2, 0.25) is 0 Å². The molecule has 0 aliphatic carbocycles. The lowest BCUT2D eigenvalue weighted by Crippen LogP contribution is -2.36. The highest BCUT2D eigenvalue weighted by Crippen LogP contribution is 2.39. The maximum Gasteiger partial charge on any atom is 0.438 e. The summed E-state index contributed by atoms with van der Waals surface area (Å²) in [6.07, 6.45) is -10.3. The number of hydrogen-bond acceptors (Lipinski definition) is 4. The highest BCUT2D eigenvalue weighted by molar-refractivity contribution is 5.37.